The molecular formula is C36H35N2OPt-. The van der Waals surface area contributed by atoms with Crippen LogP contribution in [0.3, 0.4) is 0 Å². The van der Waals surface area contributed by atoms with E-state index in [0.29, 0.717) is 5.56 Å². The van der Waals surface area contributed by atoms with Crippen LogP contribution in [0.4, 0.5) is 0 Å². The van der Waals surface area contributed by atoms with Crippen molar-refractivity contribution in [2.24, 2.45) is 0 Å². The van der Waals surface area contributed by atoms with Crippen LogP contribution in [0.5, 0.6) is 5.75 Å². The number of aromatic hydroxyl groups is 1. The summed E-state index contributed by atoms with van der Waals surface area (Å²) in [6, 6.07) is 34.0. The number of phenolic OH excluding ortho intramolecular Hbond substituents is 1. The molecular weight excluding hydrogens is 671 g/mol. The van der Waals surface area contributed by atoms with Gasteiger partial charge in [-0.3, -0.25) is 9.97 Å². The fourth-order valence-corrected chi connectivity index (χ4v) is 4.61. The van der Waals surface area contributed by atoms with Crippen LogP contribution in [0, 0.1) is 6.07 Å². The monoisotopic (exact) mass is 706 g/mol. The van der Waals surface area contributed by atoms with Gasteiger partial charge < -0.3 is 5.11 Å². The Morgan fingerprint density at radius 1 is 0.600 bits per heavy atom. The first-order valence-corrected chi connectivity index (χ1v) is 13.4. The van der Waals surface area contributed by atoms with Crippen molar-refractivity contribution >= 4 is 0 Å². The Bertz CT molecular complexity index is 1600. The van der Waals surface area contributed by atoms with Crippen molar-refractivity contribution in [3.63, 3.8) is 0 Å². The molecule has 2 aromatic heterocycles. The van der Waals surface area contributed by atoms with Crippen LogP contribution in [-0.4, -0.2) is 15.1 Å². The topological polar surface area (TPSA) is 46.0 Å². The van der Waals surface area contributed by atoms with Crippen molar-refractivity contribution in [1.82, 2.24) is 9.97 Å². The molecule has 0 aliphatic rings. The van der Waals surface area contributed by atoms with E-state index < -0.39 is 0 Å². The van der Waals surface area contributed by atoms with E-state index in [1.54, 1.807) is 12.3 Å². The number of benzene rings is 3. The first kappa shape index (κ1) is 29.4. The van der Waals surface area contributed by atoms with E-state index in [2.05, 4.69) is 82.9 Å². The van der Waals surface area contributed by atoms with E-state index in [9.17, 15) is 5.11 Å². The van der Waals surface area contributed by atoms with Crippen LogP contribution in [-0.2, 0) is 31.9 Å². The summed E-state index contributed by atoms with van der Waals surface area (Å²) >= 11 is 0. The van der Waals surface area contributed by atoms with Gasteiger partial charge in [-0.05, 0) is 57.3 Å². The quantitative estimate of drug-likeness (QED) is 0.190. The van der Waals surface area contributed by atoms with Crippen LogP contribution >= 0.6 is 0 Å². The Morgan fingerprint density at radius 2 is 1.18 bits per heavy atom. The first-order valence-electron chi connectivity index (χ1n) is 13.4. The second kappa shape index (κ2) is 11.5. The van der Waals surface area contributed by atoms with Gasteiger partial charge >= 0.3 is 0 Å². The molecule has 5 rings (SSSR count). The molecule has 0 bridgehead atoms. The van der Waals surface area contributed by atoms with Crippen molar-refractivity contribution in [3.05, 3.63) is 114 Å². The van der Waals surface area contributed by atoms with Gasteiger partial charge in [0.1, 0.15) is 5.75 Å². The Labute approximate surface area is 252 Å². The van der Waals surface area contributed by atoms with Gasteiger partial charge in [-0.15, -0.1) is 24.3 Å². The molecule has 0 radical (unpaired) electrons. The Morgan fingerprint density at radius 3 is 1.77 bits per heavy atom. The number of pyridine rings is 2. The van der Waals surface area contributed by atoms with Crippen molar-refractivity contribution < 1.29 is 26.2 Å². The minimum absolute atomic E-state index is 0. The van der Waals surface area contributed by atoms with Crippen LogP contribution in [0.25, 0.3) is 44.9 Å². The molecule has 1 N–H and O–H groups in total. The number of para-hydroxylation sites is 1. The van der Waals surface area contributed by atoms with Gasteiger partial charge in [0.05, 0.1) is 5.69 Å². The average molecular weight is 707 g/mol. The third-order valence-electron chi connectivity index (χ3n) is 7.02. The van der Waals surface area contributed by atoms with Crippen molar-refractivity contribution in [2.75, 3.05) is 0 Å². The van der Waals surface area contributed by atoms with E-state index in [-0.39, 0.29) is 37.6 Å². The summed E-state index contributed by atoms with van der Waals surface area (Å²) in [4.78, 5) is 9.53. The van der Waals surface area contributed by atoms with E-state index in [1.165, 1.54) is 11.1 Å². The number of hydrogen-bond acceptors (Lipinski definition) is 3. The fourth-order valence-electron chi connectivity index (χ4n) is 4.61. The zero-order valence-corrected chi connectivity index (χ0v) is 26.2. The number of nitrogens with zero attached hydrogens (tertiary/aromatic N) is 2. The standard InChI is InChI=1S/C36H35N2O.Pt/c1-35(2,3)28-19-26(20-29(23-28)36(4,5)6)27-21-32(38-33(22-27)30-14-7-8-16-34(30)39)25-13-11-12-24(18-25)31-15-9-10-17-37-31;/h7-17,19-23,39H,1-6H3;/q-1;. The van der Waals surface area contributed by atoms with E-state index in [1.807, 2.05) is 54.6 Å². The summed E-state index contributed by atoms with van der Waals surface area (Å²) in [5.74, 6) is 0.207. The summed E-state index contributed by atoms with van der Waals surface area (Å²) in [6.07, 6.45) is 1.79. The largest absolute Gasteiger partial charge is 0.507 e. The molecule has 206 valence electrons. The van der Waals surface area contributed by atoms with E-state index in [0.717, 1.165) is 39.3 Å². The smallest absolute Gasteiger partial charge is 0.124 e. The molecule has 40 heavy (non-hydrogen) atoms. The van der Waals surface area contributed by atoms with Crippen molar-refractivity contribution in [2.45, 2.75) is 52.4 Å². The van der Waals surface area contributed by atoms with Gasteiger partial charge in [-0.25, -0.2) is 0 Å². The molecule has 4 heteroatoms. The molecule has 0 atom stereocenters. The van der Waals surface area contributed by atoms with E-state index >= 15 is 0 Å². The molecule has 0 saturated heterocycles. The summed E-state index contributed by atoms with van der Waals surface area (Å²) in [6.45, 7) is 13.5. The SMILES string of the molecule is CC(C)(C)c1cc(-c2cc(-c3[c-]c(-c4ccccn4)ccc3)nc(-c3ccccc3O)c2)cc(C(C)(C)C)c1.[Pt]. The maximum Gasteiger partial charge on any atom is 0.124 e. The Kier molecular flexibility index (Phi) is 8.47. The van der Waals surface area contributed by atoms with Crippen molar-refractivity contribution in [1.29, 1.82) is 0 Å². The van der Waals surface area contributed by atoms with Gasteiger partial charge in [0.2, 0.25) is 0 Å². The van der Waals surface area contributed by atoms with Crippen LogP contribution in [0.2, 0.25) is 0 Å². The number of phenols is 1. The molecule has 2 heterocycles. The molecule has 0 amide bonds. The normalized spacial score (nSPS) is 11.7. The third-order valence-corrected chi connectivity index (χ3v) is 7.02. The van der Waals surface area contributed by atoms with Crippen LogP contribution in [0.1, 0.15) is 52.7 Å². The van der Waals surface area contributed by atoms with Crippen molar-refractivity contribution in [3.8, 4) is 50.6 Å². The maximum absolute atomic E-state index is 10.7. The molecule has 0 saturated carbocycles. The van der Waals surface area contributed by atoms with Gasteiger partial charge in [-0.2, -0.15) is 0 Å². The van der Waals surface area contributed by atoms with Crippen LogP contribution in [0.15, 0.2) is 97.2 Å². The summed E-state index contributed by atoms with van der Waals surface area (Å²) < 4.78 is 0. The predicted octanol–water partition coefficient (Wildman–Crippen LogP) is 9.24. The molecule has 0 aliphatic carbocycles. The molecule has 0 fully saturated rings. The number of hydrogen-bond donors (Lipinski definition) is 1. The van der Waals surface area contributed by atoms with Gasteiger partial charge in [-0.1, -0.05) is 101 Å². The maximum atomic E-state index is 10.7. The molecule has 3 nitrogen and oxygen atoms in total. The average Bonchev–Trinajstić information content (AvgIpc) is 2.92. The third kappa shape index (κ3) is 6.43. The number of aromatic nitrogens is 2. The predicted molar refractivity (Wildman–Crippen MR) is 162 cm³/mol. The molecule has 0 spiro atoms. The summed E-state index contributed by atoms with van der Waals surface area (Å²) in [5, 5.41) is 10.7. The summed E-state index contributed by atoms with van der Waals surface area (Å²) in [5.41, 5.74) is 9.61. The molecule has 0 aliphatic heterocycles. The minimum atomic E-state index is -0.00279. The summed E-state index contributed by atoms with van der Waals surface area (Å²) in [7, 11) is 0. The Hall–Kier alpha value is -3.55. The minimum Gasteiger partial charge on any atom is -0.507 e. The molecule has 3 aromatic carbocycles. The van der Waals surface area contributed by atoms with Gasteiger partial charge in [0.15, 0.2) is 0 Å². The van der Waals surface area contributed by atoms with E-state index in [4.69, 9.17) is 4.98 Å². The Balaban J connectivity index is 0.00000370. The number of rotatable bonds is 4. The first-order chi connectivity index (χ1) is 18.5. The van der Waals surface area contributed by atoms with Gasteiger partial charge in [0, 0.05) is 44.2 Å². The van der Waals surface area contributed by atoms with Crippen LogP contribution < -0.4 is 0 Å². The zero-order valence-electron chi connectivity index (χ0n) is 23.9. The zero-order chi connectivity index (χ0) is 27.8. The molecule has 0 unspecified atom stereocenters. The fraction of sp³-hybridized carbons (Fsp3) is 0.222. The molecule has 5 aromatic rings. The van der Waals surface area contributed by atoms with Gasteiger partial charge in [0.25, 0.3) is 0 Å². The second-order valence-electron chi connectivity index (χ2n) is 12.1. The second-order valence-corrected chi connectivity index (χ2v) is 12.1.